The number of esters is 1. The van der Waals surface area contributed by atoms with Crippen molar-refractivity contribution in [2.24, 2.45) is 0 Å². The molecule has 1 atom stereocenters. The second kappa shape index (κ2) is 9.85. The summed E-state index contributed by atoms with van der Waals surface area (Å²) in [5, 5.41) is 5.46. The Labute approximate surface area is 154 Å². The van der Waals surface area contributed by atoms with Crippen LogP contribution in [0.2, 0.25) is 0 Å². The van der Waals surface area contributed by atoms with Crippen LogP contribution >= 0.6 is 0 Å². The Hall–Kier alpha value is -2.50. The molecule has 0 bridgehead atoms. The van der Waals surface area contributed by atoms with Crippen molar-refractivity contribution in [2.75, 3.05) is 13.7 Å². The lowest BCUT2D eigenvalue weighted by Gasteiger charge is -2.28. The van der Waals surface area contributed by atoms with Gasteiger partial charge in [0.15, 0.2) is 0 Å². The van der Waals surface area contributed by atoms with Crippen LogP contribution in [0.25, 0.3) is 0 Å². The summed E-state index contributed by atoms with van der Waals surface area (Å²) < 4.78 is 10.6. The summed E-state index contributed by atoms with van der Waals surface area (Å²) in [6.45, 7) is 4.27. The summed E-state index contributed by atoms with van der Waals surface area (Å²) >= 11 is 0. The molecule has 2 N–H and O–H groups in total. The fraction of sp³-hybridized carbons (Fsp3) is 0.500. The van der Waals surface area contributed by atoms with Crippen LogP contribution in [0.5, 0.6) is 5.75 Å². The lowest BCUT2D eigenvalue weighted by atomic mass is 9.95. The van der Waals surface area contributed by atoms with Gasteiger partial charge in [-0.1, -0.05) is 44.7 Å². The number of ether oxygens (including phenoxy) is 2. The first-order valence-corrected chi connectivity index (χ1v) is 9.16. The van der Waals surface area contributed by atoms with E-state index in [0.717, 1.165) is 24.8 Å². The third-order valence-electron chi connectivity index (χ3n) is 4.42. The third kappa shape index (κ3) is 5.25. The normalized spacial score (nSPS) is 16.7. The molecule has 2 amide bonds. The lowest BCUT2D eigenvalue weighted by molar-refractivity contribution is -0.139. The van der Waals surface area contributed by atoms with Gasteiger partial charge in [0.05, 0.1) is 25.3 Å². The van der Waals surface area contributed by atoms with Gasteiger partial charge in [-0.25, -0.2) is 9.59 Å². The summed E-state index contributed by atoms with van der Waals surface area (Å²) in [6.07, 6.45) is 5.44. The molecule has 2 rings (SSSR count). The fourth-order valence-corrected chi connectivity index (χ4v) is 2.96. The third-order valence-corrected chi connectivity index (χ3v) is 4.42. The monoisotopic (exact) mass is 360 g/mol. The number of carbonyl (C=O) groups excluding carboxylic acids is 2. The molecule has 6 heteroatoms. The van der Waals surface area contributed by atoms with Crippen molar-refractivity contribution in [1.82, 2.24) is 10.6 Å². The van der Waals surface area contributed by atoms with Crippen molar-refractivity contribution >= 4 is 12.0 Å². The van der Waals surface area contributed by atoms with Crippen LogP contribution < -0.4 is 15.4 Å². The second-order valence-corrected chi connectivity index (χ2v) is 6.39. The highest BCUT2D eigenvalue weighted by Gasteiger charge is 2.32. The molecule has 0 aliphatic carbocycles. The van der Waals surface area contributed by atoms with E-state index in [1.54, 1.807) is 26.2 Å². The second-order valence-electron chi connectivity index (χ2n) is 6.39. The molecule has 1 aliphatic heterocycles. The molecule has 142 valence electrons. The Bertz CT molecular complexity index is 652. The van der Waals surface area contributed by atoms with Gasteiger partial charge in [0.2, 0.25) is 0 Å². The molecule has 0 fully saturated rings. The number of urea groups is 1. The van der Waals surface area contributed by atoms with Crippen LogP contribution in [0, 0.1) is 0 Å². The zero-order valence-corrected chi connectivity index (χ0v) is 15.8. The molecular weight excluding hydrogens is 332 g/mol. The minimum absolute atomic E-state index is 0.334. The molecule has 1 heterocycles. The van der Waals surface area contributed by atoms with E-state index in [4.69, 9.17) is 9.47 Å². The Balaban J connectivity index is 2.07. The van der Waals surface area contributed by atoms with Crippen molar-refractivity contribution in [3.63, 3.8) is 0 Å². The quantitative estimate of drug-likeness (QED) is 0.518. The first-order valence-electron chi connectivity index (χ1n) is 9.16. The van der Waals surface area contributed by atoms with E-state index in [1.807, 2.05) is 12.1 Å². The maximum atomic E-state index is 12.6. The minimum atomic E-state index is -0.540. The Kier molecular flexibility index (Phi) is 7.51. The van der Waals surface area contributed by atoms with E-state index in [2.05, 4.69) is 17.6 Å². The molecule has 0 unspecified atom stereocenters. The first kappa shape index (κ1) is 19.8. The predicted octanol–water partition coefficient (Wildman–Crippen LogP) is 3.84. The fourth-order valence-electron chi connectivity index (χ4n) is 2.96. The minimum Gasteiger partial charge on any atom is -0.497 e. The molecule has 26 heavy (non-hydrogen) atoms. The number of rotatable bonds is 9. The van der Waals surface area contributed by atoms with Gasteiger partial charge in [0, 0.05) is 5.70 Å². The number of amides is 2. The SMILES string of the molecule is CCCCCCCOC(=O)C1=C(C)NC(=O)N[C@H]1c1ccc(OC)cc1. The standard InChI is InChI=1S/C20H28N2O4/c1-4-5-6-7-8-13-26-19(23)17-14(2)21-20(24)22-18(17)15-9-11-16(25-3)12-10-15/h9-12,18H,4-8,13H2,1-3H3,(H2,21,22,24)/t18-/m0/s1. The summed E-state index contributed by atoms with van der Waals surface area (Å²) in [4.78, 5) is 24.5. The lowest BCUT2D eigenvalue weighted by Crippen LogP contribution is -2.45. The summed E-state index contributed by atoms with van der Waals surface area (Å²) in [7, 11) is 1.59. The van der Waals surface area contributed by atoms with Crippen LogP contribution in [-0.4, -0.2) is 25.7 Å². The highest BCUT2D eigenvalue weighted by molar-refractivity contribution is 5.95. The maximum Gasteiger partial charge on any atom is 0.338 e. The smallest absolute Gasteiger partial charge is 0.338 e. The van der Waals surface area contributed by atoms with Gasteiger partial charge in [0.1, 0.15) is 5.75 Å². The molecule has 0 saturated carbocycles. The van der Waals surface area contributed by atoms with Crippen molar-refractivity contribution in [2.45, 2.75) is 52.0 Å². The van der Waals surface area contributed by atoms with Gasteiger partial charge in [-0.3, -0.25) is 0 Å². The molecule has 0 saturated heterocycles. The Morgan fingerprint density at radius 3 is 2.46 bits per heavy atom. The van der Waals surface area contributed by atoms with Crippen LogP contribution in [-0.2, 0) is 9.53 Å². The number of allylic oxidation sites excluding steroid dienone is 1. The van der Waals surface area contributed by atoms with Gasteiger partial charge in [0.25, 0.3) is 0 Å². The summed E-state index contributed by atoms with van der Waals surface area (Å²) in [5.74, 6) is 0.317. The average Bonchev–Trinajstić information content (AvgIpc) is 2.63. The van der Waals surface area contributed by atoms with E-state index in [-0.39, 0.29) is 6.03 Å². The van der Waals surface area contributed by atoms with Crippen LogP contribution in [0.15, 0.2) is 35.5 Å². The maximum absolute atomic E-state index is 12.6. The largest absolute Gasteiger partial charge is 0.497 e. The molecule has 0 radical (unpaired) electrons. The van der Waals surface area contributed by atoms with Gasteiger partial charge >= 0.3 is 12.0 Å². The number of unbranched alkanes of at least 4 members (excludes halogenated alkanes) is 4. The number of hydrogen-bond acceptors (Lipinski definition) is 4. The van der Waals surface area contributed by atoms with E-state index in [9.17, 15) is 9.59 Å². The summed E-state index contributed by atoms with van der Waals surface area (Å²) in [5.41, 5.74) is 1.75. The van der Waals surface area contributed by atoms with Gasteiger partial charge in [-0.2, -0.15) is 0 Å². The molecule has 6 nitrogen and oxygen atoms in total. The topological polar surface area (TPSA) is 76.7 Å². The zero-order valence-electron chi connectivity index (χ0n) is 15.8. The zero-order chi connectivity index (χ0) is 18.9. The average molecular weight is 360 g/mol. The van der Waals surface area contributed by atoms with E-state index in [1.165, 1.54) is 12.8 Å². The molecule has 1 aromatic carbocycles. The van der Waals surface area contributed by atoms with Crippen molar-refractivity contribution in [3.05, 3.63) is 41.1 Å². The molecule has 0 aromatic heterocycles. The van der Waals surface area contributed by atoms with Crippen LogP contribution in [0.4, 0.5) is 4.79 Å². The molecular formula is C20H28N2O4. The van der Waals surface area contributed by atoms with Gasteiger partial charge < -0.3 is 20.1 Å². The molecule has 0 spiro atoms. The number of methoxy groups -OCH3 is 1. The number of hydrogen-bond donors (Lipinski definition) is 2. The Morgan fingerprint density at radius 1 is 1.12 bits per heavy atom. The van der Waals surface area contributed by atoms with Gasteiger partial charge in [-0.05, 0) is 31.0 Å². The molecule has 1 aliphatic rings. The number of carbonyl (C=O) groups is 2. The Morgan fingerprint density at radius 2 is 1.81 bits per heavy atom. The molecule has 1 aromatic rings. The van der Waals surface area contributed by atoms with E-state index < -0.39 is 12.0 Å². The van der Waals surface area contributed by atoms with Crippen molar-refractivity contribution < 1.29 is 19.1 Å². The van der Waals surface area contributed by atoms with Crippen LogP contribution in [0.1, 0.15) is 57.6 Å². The van der Waals surface area contributed by atoms with Crippen molar-refractivity contribution in [1.29, 1.82) is 0 Å². The number of benzene rings is 1. The summed E-state index contributed by atoms with van der Waals surface area (Å²) in [6, 6.07) is 6.40. The van der Waals surface area contributed by atoms with E-state index in [0.29, 0.717) is 23.6 Å². The van der Waals surface area contributed by atoms with E-state index >= 15 is 0 Å². The predicted molar refractivity (Wildman–Crippen MR) is 99.8 cm³/mol. The van der Waals surface area contributed by atoms with Gasteiger partial charge in [-0.15, -0.1) is 0 Å². The first-order chi connectivity index (χ1) is 12.6. The van der Waals surface area contributed by atoms with Crippen LogP contribution in [0.3, 0.4) is 0 Å². The highest BCUT2D eigenvalue weighted by Crippen LogP contribution is 2.28. The number of nitrogens with one attached hydrogen (secondary N) is 2. The van der Waals surface area contributed by atoms with Crippen molar-refractivity contribution in [3.8, 4) is 5.75 Å². The highest BCUT2D eigenvalue weighted by atomic mass is 16.5.